The highest BCUT2D eigenvalue weighted by Crippen LogP contribution is 2.72. The lowest BCUT2D eigenvalue weighted by Gasteiger charge is -2.41. The van der Waals surface area contributed by atoms with Gasteiger partial charge in [-0.1, -0.05) is 29.1 Å². The Morgan fingerprint density at radius 3 is 2.25 bits per heavy atom. The van der Waals surface area contributed by atoms with E-state index in [4.69, 9.17) is 61.0 Å². The van der Waals surface area contributed by atoms with E-state index in [9.17, 15) is 0 Å². The van der Waals surface area contributed by atoms with Crippen LogP contribution < -0.4 is 0 Å². The van der Waals surface area contributed by atoms with E-state index in [1.807, 2.05) is 0 Å². The molecule has 0 aromatic carbocycles. The summed E-state index contributed by atoms with van der Waals surface area (Å²) in [5.41, 5.74) is 0. The van der Waals surface area contributed by atoms with Gasteiger partial charge in [-0.2, -0.15) is 0 Å². The first-order valence-corrected chi connectivity index (χ1v) is 7.47. The number of methoxy groups -OCH3 is 2. The van der Waals surface area contributed by atoms with E-state index >= 15 is 0 Å². The first-order valence-electron chi connectivity index (χ1n) is 5.96. The molecule has 2 aliphatic rings. The molecule has 2 aliphatic carbocycles. The van der Waals surface area contributed by atoms with Crippen molar-refractivity contribution < 1.29 is 14.6 Å². The molecule has 0 aromatic rings. The molecule has 0 aliphatic heterocycles. The van der Waals surface area contributed by atoms with Crippen molar-refractivity contribution in [2.24, 2.45) is 5.92 Å². The lowest BCUT2D eigenvalue weighted by Crippen LogP contribution is -2.56. The molecule has 2 bridgehead atoms. The fourth-order valence-corrected chi connectivity index (χ4v) is 5.32. The van der Waals surface area contributed by atoms with E-state index in [0.29, 0.717) is 12.8 Å². The largest absolute Gasteiger partial charge is 0.384 e. The van der Waals surface area contributed by atoms with Crippen LogP contribution in [-0.4, -0.2) is 41.5 Å². The molecule has 2 rings (SSSR count). The van der Waals surface area contributed by atoms with E-state index < -0.39 is 15.5 Å². The third-order valence-electron chi connectivity index (χ3n) is 4.08. The number of aliphatic hydroxyl groups is 1. The predicted octanol–water partition coefficient (Wildman–Crippen LogP) is 3.04. The number of rotatable bonds is 3. The van der Waals surface area contributed by atoms with Crippen LogP contribution in [0.3, 0.4) is 0 Å². The molecular weight excluding hydrogens is 346 g/mol. The van der Waals surface area contributed by atoms with Crippen LogP contribution in [0.25, 0.3) is 0 Å². The Balaban J connectivity index is 2.51. The summed E-state index contributed by atoms with van der Waals surface area (Å²) in [7, 11) is 2.92. The van der Waals surface area contributed by atoms with E-state index in [-0.39, 0.29) is 22.6 Å². The molecule has 0 radical (unpaired) electrons. The Morgan fingerprint density at radius 1 is 1.20 bits per heavy atom. The van der Waals surface area contributed by atoms with Crippen LogP contribution in [0.2, 0.25) is 0 Å². The topological polar surface area (TPSA) is 38.7 Å². The van der Waals surface area contributed by atoms with E-state index in [2.05, 4.69) is 11.8 Å². The van der Waals surface area contributed by atoms with Gasteiger partial charge in [0.1, 0.15) is 16.4 Å². The van der Waals surface area contributed by atoms with Gasteiger partial charge in [0.15, 0.2) is 0 Å². The van der Waals surface area contributed by atoms with Gasteiger partial charge in [-0.05, 0) is 6.42 Å². The Bertz CT molecular complexity index is 505. The van der Waals surface area contributed by atoms with Crippen LogP contribution in [-0.2, 0) is 9.47 Å². The highest BCUT2D eigenvalue weighted by molar-refractivity contribution is 6.51. The molecule has 1 saturated carbocycles. The monoisotopic (exact) mass is 358 g/mol. The van der Waals surface area contributed by atoms with Gasteiger partial charge in [-0.25, -0.2) is 0 Å². The summed E-state index contributed by atoms with van der Waals surface area (Å²) in [5, 5.41) is 9.23. The van der Waals surface area contributed by atoms with Crippen molar-refractivity contribution in [2.45, 2.75) is 28.4 Å². The van der Waals surface area contributed by atoms with Gasteiger partial charge in [0.25, 0.3) is 0 Å². The van der Waals surface area contributed by atoms with Gasteiger partial charge in [-0.3, -0.25) is 0 Å². The smallest absolute Gasteiger partial charge is 0.217 e. The first kappa shape index (κ1) is 16.7. The minimum absolute atomic E-state index is 0.199. The molecule has 112 valence electrons. The molecule has 1 fully saturated rings. The van der Waals surface area contributed by atoms with Crippen molar-refractivity contribution in [2.75, 3.05) is 20.8 Å². The van der Waals surface area contributed by atoms with Crippen molar-refractivity contribution in [3.05, 3.63) is 10.1 Å². The third-order valence-corrected chi connectivity index (χ3v) is 6.71. The number of hydrogen-bond donors (Lipinski definition) is 1. The lowest BCUT2D eigenvalue weighted by molar-refractivity contribution is -0.218. The summed E-state index contributed by atoms with van der Waals surface area (Å²) < 4.78 is 11.0. The average molecular weight is 360 g/mol. The summed E-state index contributed by atoms with van der Waals surface area (Å²) in [6.45, 7) is -0.210. The molecule has 0 heterocycles. The zero-order valence-electron chi connectivity index (χ0n) is 11.0. The minimum Gasteiger partial charge on any atom is -0.384 e. The molecule has 3 atom stereocenters. The molecule has 7 heteroatoms. The highest BCUT2D eigenvalue weighted by Gasteiger charge is 2.80. The van der Waals surface area contributed by atoms with Gasteiger partial charge < -0.3 is 14.6 Å². The second-order valence-corrected chi connectivity index (χ2v) is 6.78. The number of aliphatic hydroxyl groups excluding tert-OH is 1. The van der Waals surface area contributed by atoms with Crippen LogP contribution in [0.5, 0.6) is 0 Å². The van der Waals surface area contributed by atoms with Crippen LogP contribution in [0.15, 0.2) is 10.1 Å². The summed E-state index contributed by atoms with van der Waals surface area (Å²) in [6, 6.07) is 0. The maximum atomic E-state index is 8.74. The van der Waals surface area contributed by atoms with E-state index in [1.54, 1.807) is 0 Å². The fraction of sp³-hybridized carbons (Fsp3) is 0.692. The number of hydrogen-bond acceptors (Lipinski definition) is 3. The van der Waals surface area contributed by atoms with Gasteiger partial charge in [0.2, 0.25) is 5.79 Å². The summed E-state index contributed by atoms with van der Waals surface area (Å²) in [5.74, 6) is 3.89. The molecule has 0 spiro atoms. The fourth-order valence-electron chi connectivity index (χ4n) is 3.23. The zero-order chi connectivity index (χ0) is 15.2. The van der Waals surface area contributed by atoms with Crippen LogP contribution >= 0.6 is 46.4 Å². The first-order chi connectivity index (χ1) is 9.35. The van der Waals surface area contributed by atoms with Crippen LogP contribution in [0, 0.1) is 17.8 Å². The highest BCUT2D eigenvalue weighted by atomic mass is 35.5. The molecule has 3 nitrogen and oxygen atoms in total. The van der Waals surface area contributed by atoms with Crippen molar-refractivity contribution in [1.29, 1.82) is 0 Å². The second-order valence-electron chi connectivity index (χ2n) is 4.78. The summed E-state index contributed by atoms with van der Waals surface area (Å²) in [6.07, 6.45) is 0.836. The molecule has 0 amide bonds. The molecule has 0 aromatic heterocycles. The van der Waals surface area contributed by atoms with Crippen LogP contribution in [0.1, 0.15) is 12.8 Å². The Kier molecular flexibility index (Phi) is 4.61. The van der Waals surface area contributed by atoms with Crippen molar-refractivity contribution >= 4 is 46.4 Å². The Labute approximate surface area is 138 Å². The molecule has 1 N–H and O–H groups in total. The number of alkyl halides is 2. The van der Waals surface area contributed by atoms with Gasteiger partial charge in [-0.15, -0.1) is 29.1 Å². The van der Waals surface area contributed by atoms with E-state index in [0.717, 1.165) is 0 Å². The number of fused-ring (bicyclic) bond motifs is 2. The van der Waals surface area contributed by atoms with Crippen molar-refractivity contribution in [3.63, 3.8) is 0 Å². The maximum Gasteiger partial charge on any atom is 0.217 e. The number of ether oxygens (including phenoxy) is 2. The number of halogens is 4. The summed E-state index contributed by atoms with van der Waals surface area (Å²) >= 11 is 26.0. The van der Waals surface area contributed by atoms with Gasteiger partial charge in [0.05, 0.1) is 10.1 Å². The third kappa shape index (κ3) is 1.74. The van der Waals surface area contributed by atoms with Gasteiger partial charge in [0, 0.05) is 26.6 Å². The second kappa shape index (κ2) is 5.52. The average Bonchev–Trinajstić information content (AvgIpc) is 2.70. The molecule has 20 heavy (non-hydrogen) atoms. The Morgan fingerprint density at radius 2 is 1.80 bits per heavy atom. The normalized spacial score (nSPS) is 38.0. The lowest BCUT2D eigenvalue weighted by atomic mass is 9.88. The standard InChI is InChI=1S/C13H14Cl4O3/c1-19-13(20-2)11(16)7-8(5-3-4-6-18)12(13,17)10(15)9(11)14/h8,18H,5-7H2,1-2H3/t8-,11+,12-/m1/s1. The maximum absolute atomic E-state index is 8.74. The minimum atomic E-state index is -1.34. The quantitative estimate of drug-likeness (QED) is 0.478. The Hall–Kier alpha value is 0.340. The molecule has 0 saturated heterocycles. The van der Waals surface area contributed by atoms with Crippen molar-refractivity contribution in [3.8, 4) is 11.8 Å². The SMILES string of the molecule is COC1(OC)[C@]2(Cl)C[C@@H](CC#CCO)[C@@]1(Cl)C(Cl)=C2Cl. The predicted molar refractivity (Wildman–Crippen MR) is 80.2 cm³/mol. The zero-order valence-corrected chi connectivity index (χ0v) is 14.0. The van der Waals surface area contributed by atoms with Crippen molar-refractivity contribution in [1.82, 2.24) is 0 Å². The molecular formula is C13H14Cl4O3. The van der Waals surface area contributed by atoms with Gasteiger partial charge >= 0.3 is 0 Å². The van der Waals surface area contributed by atoms with E-state index in [1.165, 1.54) is 14.2 Å². The van der Waals surface area contributed by atoms with Crippen LogP contribution in [0.4, 0.5) is 0 Å². The molecule has 0 unspecified atom stereocenters. The summed E-state index contributed by atoms with van der Waals surface area (Å²) in [4.78, 5) is -2.33.